The maximum atomic E-state index is 10.8. The van der Waals surface area contributed by atoms with Crippen molar-refractivity contribution >= 4 is 17.7 Å². The van der Waals surface area contributed by atoms with Crippen molar-refractivity contribution in [2.45, 2.75) is 18.8 Å². The van der Waals surface area contributed by atoms with Gasteiger partial charge in [-0.05, 0) is 24.7 Å². The predicted molar refractivity (Wildman–Crippen MR) is 59.5 cm³/mol. The number of aromatic carboxylic acids is 1. The highest BCUT2D eigenvalue weighted by atomic mass is 32.2. The highest BCUT2D eigenvalue weighted by molar-refractivity contribution is 7.99. The van der Waals surface area contributed by atoms with Gasteiger partial charge in [0.2, 0.25) is 0 Å². The number of aromatic nitrogens is 2. The van der Waals surface area contributed by atoms with Crippen molar-refractivity contribution in [2.24, 2.45) is 7.05 Å². The smallest absolute Gasteiger partial charge is 0.356 e. The first-order chi connectivity index (χ1) is 7.18. The molecule has 1 aromatic heterocycles. The quantitative estimate of drug-likeness (QED) is 0.834. The maximum absolute atomic E-state index is 10.8. The molecule has 1 atom stereocenters. The Balaban J connectivity index is 2.22. The van der Waals surface area contributed by atoms with Crippen molar-refractivity contribution in [3.8, 4) is 0 Å². The highest BCUT2D eigenvalue weighted by Gasteiger charge is 2.21. The number of nitrogens with zero attached hydrogens (tertiary/aromatic N) is 2. The average Bonchev–Trinajstić information content (AvgIpc) is 2.62. The van der Waals surface area contributed by atoms with Crippen LogP contribution < -0.4 is 0 Å². The minimum atomic E-state index is -0.944. The van der Waals surface area contributed by atoms with E-state index < -0.39 is 5.97 Å². The largest absolute Gasteiger partial charge is 0.476 e. The molecule has 0 radical (unpaired) electrons. The molecule has 2 heterocycles. The monoisotopic (exact) mass is 226 g/mol. The van der Waals surface area contributed by atoms with E-state index >= 15 is 0 Å². The van der Waals surface area contributed by atoms with Gasteiger partial charge in [-0.15, -0.1) is 0 Å². The van der Waals surface area contributed by atoms with Crippen LogP contribution in [0.2, 0.25) is 0 Å². The minimum absolute atomic E-state index is 0.156. The molecule has 2 rings (SSSR count). The van der Waals surface area contributed by atoms with Crippen LogP contribution in [0.5, 0.6) is 0 Å². The topological polar surface area (TPSA) is 55.1 Å². The lowest BCUT2D eigenvalue weighted by Gasteiger charge is -2.20. The standard InChI is InChI=1S/C10H14N2O2S/c1-12-9(5-8(11-12)10(13)14)7-3-2-4-15-6-7/h5,7H,2-4,6H2,1H3,(H,13,14). The zero-order valence-electron chi connectivity index (χ0n) is 8.64. The van der Waals surface area contributed by atoms with E-state index in [9.17, 15) is 4.79 Å². The molecule has 1 saturated heterocycles. The SMILES string of the molecule is Cn1nc(C(=O)O)cc1C1CCCSC1. The van der Waals surface area contributed by atoms with Crippen LogP contribution in [0.15, 0.2) is 6.07 Å². The number of carboxylic acids is 1. The average molecular weight is 226 g/mol. The lowest BCUT2D eigenvalue weighted by molar-refractivity contribution is 0.0689. The molecule has 1 aliphatic heterocycles. The number of hydrogen-bond donors (Lipinski definition) is 1. The number of thioether (sulfide) groups is 1. The molecule has 1 aliphatic rings. The summed E-state index contributed by atoms with van der Waals surface area (Å²) in [5.41, 5.74) is 1.21. The molecule has 0 aromatic carbocycles. The molecule has 0 aliphatic carbocycles. The third kappa shape index (κ3) is 2.17. The van der Waals surface area contributed by atoms with Crippen LogP contribution in [0, 0.1) is 0 Å². The Morgan fingerprint density at radius 3 is 3.07 bits per heavy atom. The van der Waals surface area contributed by atoms with E-state index in [0.717, 1.165) is 17.9 Å². The second-order valence-corrected chi connectivity index (χ2v) is 4.95. The number of carboxylic acid groups (broad SMARTS) is 1. The maximum Gasteiger partial charge on any atom is 0.356 e. The predicted octanol–water partition coefficient (Wildman–Crippen LogP) is 1.73. The van der Waals surface area contributed by atoms with Crippen LogP contribution in [0.1, 0.15) is 34.9 Å². The van der Waals surface area contributed by atoms with E-state index in [2.05, 4.69) is 5.10 Å². The number of rotatable bonds is 2. The molecule has 0 bridgehead atoms. The van der Waals surface area contributed by atoms with Crippen LogP contribution >= 0.6 is 11.8 Å². The van der Waals surface area contributed by atoms with E-state index in [-0.39, 0.29) is 5.69 Å². The Hall–Kier alpha value is -0.970. The molecule has 1 unspecified atom stereocenters. The Morgan fingerprint density at radius 2 is 2.53 bits per heavy atom. The first-order valence-electron chi connectivity index (χ1n) is 5.03. The van der Waals surface area contributed by atoms with Crippen molar-refractivity contribution in [3.63, 3.8) is 0 Å². The fourth-order valence-electron chi connectivity index (χ4n) is 1.94. The van der Waals surface area contributed by atoms with Gasteiger partial charge in [0.1, 0.15) is 0 Å². The van der Waals surface area contributed by atoms with Gasteiger partial charge in [0.25, 0.3) is 0 Å². The van der Waals surface area contributed by atoms with Crippen LogP contribution in [-0.4, -0.2) is 32.4 Å². The summed E-state index contributed by atoms with van der Waals surface area (Å²) in [5, 5.41) is 12.8. The van der Waals surface area contributed by atoms with Gasteiger partial charge < -0.3 is 5.11 Å². The van der Waals surface area contributed by atoms with Crippen molar-refractivity contribution in [2.75, 3.05) is 11.5 Å². The van der Waals surface area contributed by atoms with Crippen LogP contribution in [-0.2, 0) is 7.05 Å². The van der Waals surface area contributed by atoms with Crippen LogP contribution in [0.4, 0.5) is 0 Å². The molecular formula is C10H14N2O2S. The Bertz CT molecular complexity index is 369. The van der Waals surface area contributed by atoms with E-state index in [1.54, 1.807) is 10.7 Å². The summed E-state index contributed by atoms with van der Waals surface area (Å²) in [7, 11) is 1.82. The molecule has 4 nitrogen and oxygen atoms in total. The number of aryl methyl sites for hydroxylation is 1. The van der Waals surface area contributed by atoms with Crippen molar-refractivity contribution in [1.29, 1.82) is 0 Å². The zero-order valence-corrected chi connectivity index (χ0v) is 9.46. The summed E-state index contributed by atoms with van der Waals surface area (Å²) in [4.78, 5) is 10.8. The van der Waals surface area contributed by atoms with Gasteiger partial charge in [-0.3, -0.25) is 4.68 Å². The lowest BCUT2D eigenvalue weighted by Crippen LogP contribution is -2.12. The Labute approximate surface area is 92.7 Å². The third-order valence-corrected chi connectivity index (χ3v) is 3.93. The fourth-order valence-corrected chi connectivity index (χ4v) is 3.10. The van der Waals surface area contributed by atoms with Crippen molar-refractivity contribution < 1.29 is 9.90 Å². The van der Waals surface area contributed by atoms with Gasteiger partial charge >= 0.3 is 5.97 Å². The van der Waals surface area contributed by atoms with Crippen molar-refractivity contribution in [1.82, 2.24) is 9.78 Å². The molecule has 0 saturated carbocycles. The van der Waals surface area contributed by atoms with E-state index in [4.69, 9.17) is 5.11 Å². The Kier molecular flexibility index (Phi) is 3.00. The minimum Gasteiger partial charge on any atom is -0.476 e. The number of carbonyl (C=O) groups is 1. The normalized spacial score (nSPS) is 21.5. The van der Waals surface area contributed by atoms with Crippen LogP contribution in [0.3, 0.4) is 0 Å². The molecule has 15 heavy (non-hydrogen) atoms. The van der Waals surface area contributed by atoms with Crippen LogP contribution in [0.25, 0.3) is 0 Å². The summed E-state index contributed by atoms with van der Waals surface area (Å²) < 4.78 is 1.71. The molecular weight excluding hydrogens is 212 g/mol. The summed E-state index contributed by atoms with van der Waals surface area (Å²) in [6.45, 7) is 0. The molecule has 0 spiro atoms. The molecule has 0 amide bonds. The first kappa shape index (κ1) is 10.5. The van der Waals surface area contributed by atoms with Gasteiger partial charge in [0.15, 0.2) is 5.69 Å². The van der Waals surface area contributed by atoms with E-state index in [1.165, 1.54) is 12.2 Å². The van der Waals surface area contributed by atoms with E-state index in [0.29, 0.717) is 5.92 Å². The van der Waals surface area contributed by atoms with E-state index in [1.807, 2.05) is 18.8 Å². The second kappa shape index (κ2) is 4.26. The third-order valence-electron chi connectivity index (χ3n) is 2.71. The van der Waals surface area contributed by atoms with Crippen molar-refractivity contribution in [3.05, 3.63) is 17.5 Å². The van der Waals surface area contributed by atoms with Gasteiger partial charge in [-0.1, -0.05) is 0 Å². The number of hydrogen-bond acceptors (Lipinski definition) is 3. The van der Waals surface area contributed by atoms with Gasteiger partial charge in [0, 0.05) is 24.4 Å². The zero-order chi connectivity index (χ0) is 10.8. The summed E-state index contributed by atoms with van der Waals surface area (Å²) in [6.07, 6.45) is 2.36. The molecule has 1 N–H and O–H groups in total. The summed E-state index contributed by atoms with van der Waals surface area (Å²) in [6, 6.07) is 1.71. The highest BCUT2D eigenvalue weighted by Crippen LogP contribution is 2.31. The molecule has 5 heteroatoms. The van der Waals surface area contributed by atoms with Gasteiger partial charge in [0.05, 0.1) is 0 Å². The first-order valence-corrected chi connectivity index (χ1v) is 6.19. The molecule has 82 valence electrons. The van der Waals surface area contributed by atoms with Gasteiger partial charge in [-0.2, -0.15) is 16.9 Å². The second-order valence-electron chi connectivity index (χ2n) is 3.80. The fraction of sp³-hybridized carbons (Fsp3) is 0.600. The summed E-state index contributed by atoms with van der Waals surface area (Å²) in [5.74, 6) is 1.83. The lowest BCUT2D eigenvalue weighted by atomic mass is 10.0. The summed E-state index contributed by atoms with van der Waals surface area (Å²) >= 11 is 1.94. The Morgan fingerprint density at radius 1 is 1.73 bits per heavy atom. The molecule has 1 fully saturated rings. The molecule has 1 aromatic rings. The van der Waals surface area contributed by atoms with Gasteiger partial charge in [-0.25, -0.2) is 4.79 Å².